The van der Waals surface area contributed by atoms with Crippen LogP contribution in [0.5, 0.6) is 5.75 Å². The van der Waals surface area contributed by atoms with Gasteiger partial charge in [-0.2, -0.15) is 5.10 Å². The average Bonchev–Trinajstić information content (AvgIpc) is 3.28. The van der Waals surface area contributed by atoms with Crippen LogP contribution in [0.15, 0.2) is 78.0 Å². The lowest BCUT2D eigenvalue weighted by Gasteiger charge is -2.13. The normalized spacial score (nSPS) is 11.3. The van der Waals surface area contributed by atoms with Crippen LogP contribution in [0, 0.1) is 0 Å². The van der Waals surface area contributed by atoms with E-state index in [0.717, 1.165) is 48.9 Å². The van der Waals surface area contributed by atoms with Gasteiger partial charge in [-0.3, -0.25) is 4.68 Å². The predicted octanol–water partition coefficient (Wildman–Crippen LogP) is 3.61. The van der Waals surface area contributed by atoms with Gasteiger partial charge in [0.25, 0.3) is 0 Å². The fourth-order valence-electron chi connectivity index (χ4n) is 2.92. The van der Waals surface area contributed by atoms with E-state index in [1.807, 2.05) is 59.4 Å². The fourth-order valence-corrected chi connectivity index (χ4v) is 2.92. The lowest BCUT2D eigenvalue weighted by Crippen LogP contribution is -2.38. The Bertz CT molecular complexity index is 862. The first kappa shape index (κ1) is 20.5. The van der Waals surface area contributed by atoms with E-state index in [9.17, 15) is 0 Å². The molecule has 6 nitrogen and oxygen atoms in total. The number of nitrogens with zero attached hydrogens (tertiary/aromatic N) is 3. The number of aryl methyl sites for hydroxylation is 1. The molecule has 0 bridgehead atoms. The van der Waals surface area contributed by atoms with Crippen molar-refractivity contribution in [1.82, 2.24) is 20.4 Å². The van der Waals surface area contributed by atoms with Crippen LogP contribution in [0.2, 0.25) is 0 Å². The van der Waals surface area contributed by atoms with Crippen LogP contribution >= 0.6 is 0 Å². The zero-order valence-electron chi connectivity index (χ0n) is 16.9. The summed E-state index contributed by atoms with van der Waals surface area (Å²) in [5.41, 5.74) is 2.31. The first-order valence-corrected chi connectivity index (χ1v) is 10.1. The van der Waals surface area contributed by atoms with Gasteiger partial charge in [0.05, 0.1) is 6.54 Å². The van der Waals surface area contributed by atoms with Crippen LogP contribution in [-0.2, 0) is 19.7 Å². The summed E-state index contributed by atoms with van der Waals surface area (Å²) >= 11 is 0. The summed E-state index contributed by atoms with van der Waals surface area (Å²) < 4.78 is 7.85. The Hall–Kier alpha value is -3.28. The number of ether oxygens (including phenoxy) is 1. The molecule has 0 fully saturated rings. The van der Waals surface area contributed by atoms with Gasteiger partial charge in [-0.25, -0.2) is 4.99 Å². The van der Waals surface area contributed by atoms with Crippen LogP contribution in [0.3, 0.4) is 0 Å². The van der Waals surface area contributed by atoms with Gasteiger partial charge in [-0.1, -0.05) is 42.5 Å². The van der Waals surface area contributed by atoms with E-state index in [-0.39, 0.29) is 0 Å². The zero-order chi connectivity index (χ0) is 20.2. The van der Waals surface area contributed by atoms with Gasteiger partial charge in [0, 0.05) is 32.0 Å². The van der Waals surface area contributed by atoms with Crippen molar-refractivity contribution >= 4 is 5.96 Å². The van der Waals surface area contributed by atoms with Crippen LogP contribution in [0.25, 0.3) is 0 Å². The molecule has 0 aliphatic carbocycles. The van der Waals surface area contributed by atoms with Gasteiger partial charge in [0.1, 0.15) is 12.4 Å². The number of para-hydroxylation sites is 1. The molecule has 0 radical (unpaired) electrons. The highest BCUT2D eigenvalue weighted by atomic mass is 16.5. The van der Waals surface area contributed by atoms with Crippen molar-refractivity contribution in [3.63, 3.8) is 0 Å². The Balaban J connectivity index is 1.54. The second-order valence-electron chi connectivity index (χ2n) is 6.62. The van der Waals surface area contributed by atoms with Gasteiger partial charge in [0.15, 0.2) is 5.96 Å². The van der Waals surface area contributed by atoms with Crippen molar-refractivity contribution in [3.05, 3.63) is 84.2 Å². The highest BCUT2D eigenvalue weighted by Gasteiger charge is 2.04. The van der Waals surface area contributed by atoms with Crippen LogP contribution < -0.4 is 15.4 Å². The molecule has 1 aromatic heterocycles. The van der Waals surface area contributed by atoms with E-state index in [0.29, 0.717) is 13.2 Å². The second kappa shape index (κ2) is 11.5. The predicted molar refractivity (Wildman–Crippen MR) is 117 cm³/mol. The Morgan fingerprint density at radius 3 is 2.55 bits per heavy atom. The molecule has 0 atom stereocenters. The van der Waals surface area contributed by atoms with E-state index in [1.165, 1.54) is 0 Å². The largest absolute Gasteiger partial charge is 0.489 e. The minimum absolute atomic E-state index is 0.531. The van der Waals surface area contributed by atoms with Gasteiger partial charge in [-0.05, 0) is 42.7 Å². The van der Waals surface area contributed by atoms with Crippen molar-refractivity contribution in [1.29, 1.82) is 0 Å². The van der Waals surface area contributed by atoms with E-state index in [1.54, 1.807) is 6.20 Å². The van der Waals surface area contributed by atoms with Crippen LogP contribution in [0.4, 0.5) is 0 Å². The Morgan fingerprint density at radius 2 is 1.79 bits per heavy atom. The molecule has 0 spiro atoms. The lowest BCUT2D eigenvalue weighted by atomic mass is 10.1. The highest BCUT2D eigenvalue weighted by molar-refractivity contribution is 5.79. The number of hydrogen-bond acceptors (Lipinski definition) is 3. The van der Waals surface area contributed by atoms with Gasteiger partial charge in [0.2, 0.25) is 0 Å². The summed E-state index contributed by atoms with van der Waals surface area (Å²) in [6, 6.07) is 20.1. The molecule has 3 rings (SSSR count). The summed E-state index contributed by atoms with van der Waals surface area (Å²) in [5, 5.41) is 10.9. The molecule has 2 aromatic carbocycles. The number of aliphatic imine (C=N–C) groups is 1. The van der Waals surface area contributed by atoms with Crippen molar-refractivity contribution in [3.8, 4) is 5.75 Å². The first-order valence-electron chi connectivity index (χ1n) is 10.1. The zero-order valence-corrected chi connectivity index (χ0v) is 16.9. The molecule has 3 aromatic rings. The summed E-state index contributed by atoms with van der Waals surface area (Å²) in [7, 11) is 0. The molecule has 0 saturated carbocycles. The molecule has 0 saturated heterocycles. The molecule has 29 heavy (non-hydrogen) atoms. The second-order valence-corrected chi connectivity index (χ2v) is 6.62. The standard InChI is InChI=1S/C23H29N5O/c1-2-24-23(25-14-8-16-28-17-9-15-27-28)26-18-20-10-6-7-11-21(20)19-29-22-12-4-3-5-13-22/h3-7,9-13,15,17H,2,8,14,16,18-19H2,1H3,(H2,24,25,26). The number of benzene rings is 2. The number of aromatic nitrogens is 2. The summed E-state index contributed by atoms with van der Waals surface area (Å²) in [4.78, 5) is 4.75. The number of rotatable bonds is 10. The van der Waals surface area contributed by atoms with Crippen LogP contribution in [0.1, 0.15) is 24.5 Å². The Kier molecular flexibility index (Phi) is 8.14. The van der Waals surface area contributed by atoms with Crippen molar-refractivity contribution in [2.45, 2.75) is 33.0 Å². The Labute approximate surface area is 172 Å². The van der Waals surface area contributed by atoms with E-state index in [4.69, 9.17) is 9.73 Å². The molecular weight excluding hydrogens is 362 g/mol. The first-order chi connectivity index (χ1) is 14.3. The Morgan fingerprint density at radius 1 is 1.00 bits per heavy atom. The van der Waals surface area contributed by atoms with Gasteiger partial charge in [-0.15, -0.1) is 0 Å². The maximum absolute atomic E-state index is 5.91. The summed E-state index contributed by atoms with van der Waals surface area (Å²) in [6.45, 7) is 5.75. The minimum atomic E-state index is 0.531. The number of nitrogens with one attached hydrogen (secondary N) is 2. The van der Waals surface area contributed by atoms with Gasteiger partial charge < -0.3 is 15.4 Å². The third kappa shape index (κ3) is 6.99. The third-order valence-corrected chi connectivity index (χ3v) is 4.42. The molecular formula is C23H29N5O. The molecule has 1 heterocycles. The van der Waals surface area contributed by atoms with E-state index >= 15 is 0 Å². The fraction of sp³-hybridized carbons (Fsp3) is 0.304. The van der Waals surface area contributed by atoms with E-state index in [2.05, 4.69) is 34.8 Å². The quantitative estimate of drug-likeness (QED) is 0.315. The maximum Gasteiger partial charge on any atom is 0.191 e. The number of hydrogen-bond donors (Lipinski definition) is 2. The third-order valence-electron chi connectivity index (χ3n) is 4.42. The van der Waals surface area contributed by atoms with Crippen molar-refractivity contribution in [2.24, 2.45) is 4.99 Å². The molecule has 152 valence electrons. The average molecular weight is 392 g/mol. The topological polar surface area (TPSA) is 63.5 Å². The smallest absolute Gasteiger partial charge is 0.191 e. The minimum Gasteiger partial charge on any atom is -0.489 e. The molecule has 0 unspecified atom stereocenters. The van der Waals surface area contributed by atoms with Crippen molar-refractivity contribution < 1.29 is 4.74 Å². The highest BCUT2D eigenvalue weighted by Crippen LogP contribution is 2.15. The summed E-state index contributed by atoms with van der Waals surface area (Å²) in [6.07, 6.45) is 4.76. The van der Waals surface area contributed by atoms with Crippen molar-refractivity contribution in [2.75, 3.05) is 13.1 Å². The monoisotopic (exact) mass is 391 g/mol. The lowest BCUT2D eigenvalue weighted by molar-refractivity contribution is 0.305. The molecule has 2 N–H and O–H groups in total. The SMILES string of the molecule is CCNC(=NCc1ccccc1COc1ccccc1)NCCCn1cccn1. The molecule has 0 amide bonds. The van der Waals surface area contributed by atoms with E-state index < -0.39 is 0 Å². The van der Waals surface area contributed by atoms with Gasteiger partial charge >= 0.3 is 0 Å². The molecule has 0 aliphatic rings. The summed E-state index contributed by atoms with van der Waals surface area (Å²) in [5.74, 6) is 1.70. The number of guanidine groups is 1. The molecule has 0 aliphatic heterocycles. The van der Waals surface area contributed by atoms with Crippen LogP contribution in [-0.4, -0.2) is 28.8 Å². The molecule has 6 heteroatoms. The maximum atomic E-state index is 5.91.